The average molecular weight is 366 g/mol. The normalized spacial score (nSPS) is 11.2. The van der Waals surface area contributed by atoms with Gasteiger partial charge in [0.05, 0.1) is 13.4 Å². The number of rotatable bonds is 5. The quantitative estimate of drug-likeness (QED) is 0.639. The monoisotopic (exact) mass is 365 g/mol. The zero-order valence-electron chi connectivity index (χ0n) is 11.1. The van der Waals surface area contributed by atoms with Gasteiger partial charge >= 0.3 is 5.97 Å². The van der Waals surface area contributed by atoms with Gasteiger partial charge in [0.25, 0.3) is 0 Å². The Bertz CT molecular complexity index is 671. The molecule has 0 saturated heterocycles. The van der Waals surface area contributed by atoms with Crippen molar-refractivity contribution in [2.75, 3.05) is 7.11 Å². The molecular weight excluding hydrogens is 354 g/mol. The van der Waals surface area contributed by atoms with Crippen molar-refractivity contribution in [2.24, 2.45) is 0 Å². The number of ether oxygens (including phenoxy) is 1. The molecule has 1 aromatic carbocycles. The first-order chi connectivity index (χ1) is 10.1. The second-order valence-corrected chi connectivity index (χ2v) is 5.96. The van der Waals surface area contributed by atoms with E-state index in [9.17, 15) is 9.90 Å². The number of carboxylic acids is 1. The summed E-state index contributed by atoms with van der Waals surface area (Å²) in [6.45, 7) is 0. The Morgan fingerprint density at radius 1 is 1.33 bits per heavy atom. The highest BCUT2D eigenvalue weighted by Gasteiger charge is 2.15. The van der Waals surface area contributed by atoms with E-state index in [0.29, 0.717) is 5.56 Å². The van der Waals surface area contributed by atoms with Crippen molar-refractivity contribution < 1.29 is 14.6 Å². The van der Waals surface area contributed by atoms with Crippen LogP contribution < -0.4 is 0 Å². The number of nitrogens with zero attached hydrogens (tertiary/aromatic N) is 1. The zero-order valence-corrected chi connectivity index (χ0v) is 13.5. The van der Waals surface area contributed by atoms with E-state index in [1.165, 1.54) is 25.1 Å². The molecular formula is C15H12BrNO3S. The third-order valence-corrected chi connectivity index (χ3v) is 4.05. The SMILES string of the molecule is COC=C(C(=O)O)c1ccccc1Sc1ccc(Br)cn1. The van der Waals surface area contributed by atoms with Crippen LogP contribution >= 0.6 is 27.7 Å². The Kier molecular flexibility index (Phi) is 5.41. The maximum absolute atomic E-state index is 11.4. The topological polar surface area (TPSA) is 59.4 Å². The molecule has 108 valence electrons. The second kappa shape index (κ2) is 7.28. The van der Waals surface area contributed by atoms with Gasteiger partial charge < -0.3 is 9.84 Å². The van der Waals surface area contributed by atoms with Gasteiger partial charge in [0, 0.05) is 21.1 Å². The lowest BCUT2D eigenvalue weighted by Gasteiger charge is -2.09. The third kappa shape index (κ3) is 4.09. The number of halogens is 1. The van der Waals surface area contributed by atoms with Gasteiger partial charge in [-0.25, -0.2) is 9.78 Å². The van der Waals surface area contributed by atoms with Crippen LogP contribution in [0, 0.1) is 0 Å². The second-order valence-electron chi connectivity index (χ2n) is 3.99. The number of hydrogen-bond donors (Lipinski definition) is 1. The number of aromatic nitrogens is 1. The van der Waals surface area contributed by atoms with Crippen LogP contribution in [-0.2, 0) is 9.53 Å². The molecule has 4 nitrogen and oxygen atoms in total. The molecule has 0 bridgehead atoms. The number of methoxy groups -OCH3 is 1. The van der Waals surface area contributed by atoms with E-state index in [1.807, 2.05) is 24.3 Å². The van der Waals surface area contributed by atoms with Crippen LogP contribution in [0.1, 0.15) is 5.56 Å². The van der Waals surface area contributed by atoms with E-state index >= 15 is 0 Å². The zero-order chi connectivity index (χ0) is 15.2. The molecule has 0 aliphatic heterocycles. The summed E-state index contributed by atoms with van der Waals surface area (Å²) in [5.41, 5.74) is 0.708. The molecule has 2 aromatic rings. The molecule has 0 radical (unpaired) electrons. The molecule has 21 heavy (non-hydrogen) atoms. The lowest BCUT2D eigenvalue weighted by molar-refractivity contribution is -0.130. The summed E-state index contributed by atoms with van der Waals surface area (Å²) in [6.07, 6.45) is 2.94. The van der Waals surface area contributed by atoms with Crippen LogP contribution in [0.15, 0.2) is 63.3 Å². The Labute approximate surface area is 135 Å². The van der Waals surface area contributed by atoms with Crippen LogP contribution in [0.3, 0.4) is 0 Å². The summed E-state index contributed by atoms with van der Waals surface area (Å²) < 4.78 is 5.76. The average Bonchev–Trinajstić information content (AvgIpc) is 2.48. The minimum Gasteiger partial charge on any atom is -0.503 e. The van der Waals surface area contributed by atoms with Crippen molar-refractivity contribution >= 4 is 39.2 Å². The largest absolute Gasteiger partial charge is 0.503 e. The van der Waals surface area contributed by atoms with E-state index in [1.54, 1.807) is 18.3 Å². The molecule has 0 saturated carbocycles. The first kappa shape index (κ1) is 15.6. The fourth-order valence-corrected chi connectivity index (χ4v) is 2.80. The number of carbonyl (C=O) groups is 1. The molecule has 0 aliphatic carbocycles. The van der Waals surface area contributed by atoms with E-state index in [-0.39, 0.29) is 5.57 Å². The lowest BCUT2D eigenvalue weighted by atomic mass is 10.1. The predicted molar refractivity (Wildman–Crippen MR) is 85.1 cm³/mol. The highest BCUT2D eigenvalue weighted by molar-refractivity contribution is 9.10. The van der Waals surface area contributed by atoms with Crippen molar-refractivity contribution in [3.8, 4) is 0 Å². The fraction of sp³-hybridized carbons (Fsp3) is 0.0667. The van der Waals surface area contributed by atoms with Crippen LogP contribution in [0.2, 0.25) is 0 Å². The van der Waals surface area contributed by atoms with Gasteiger partial charge in [-0.3, -0.25) is 0 Å². The van der Waals surface area contributed by atoms with Crippen LogP contribution in [0.5, 0.6) is 0 Å². The van der Waals surface area contributed by atoms with Gasteiger partial charge in [-0.1, -0.05) is 30.0 Å². The highest BCUT2D eigenvalue weighted by Crippen LogP contribution is 2.33. The Hall–Kier alpha value is -1.79. The molecule has 1 heterocycles. The van der Waals surface area contributed by atoms with Crippen molar-refractivity contribution in [1.29, 1.82) is 0 Å². The first-order valence-electron chi connectivity index (χ1n) is 5.97. The number of hydrogen-bond acceptors (Lipinski definition) is 4. The van der Waals surface area contributed by atoms with Crippen LogP contribution in [0.25, 0.3) is 5.57 Å². The molecule has 1 N–H and O–H groups in total. The number of aliphatic carboxylic acids is 1. The Morgan fingerprint density at radius 3 is 2.71 bits per heavy atom. The summed E-state index contributed by atoms with van der Waals surface area (Å²) in [5, 5.41) is 10.1. The third-order valence-electron chi connectivity index (χ3n) is 2.56. The highest BCUT2D eigenvalue weighted by atomic mass is 79.9. The molecule has 2 rings (SSSR count). The molecule has 0 fully saturated rings. The maximum atomic E-state index is 11.4. The lowest BCUT2D eigenvalue weighted by Crippen LogP contribution is -2.01. The van der Waals surface area contributed by atoms with E-state index in [4.69, 9.17) is 4.74 Å². The Morgan fingerprint density at radius 2 is 2.10 bits per heavy atom. The van der Waals surface area contributed by atoms with Gasteiger partial charge in [-0.05, 0) is 34.1 Å². The molecule has 0 aliphatic rings. The van der Waals surface area contributed by atoms with Crippen molar-refractivity contribution in [1.82, 2.24) is 4.98 Å². The number of carboxylic acid groups (broad SMARTS) is 1. The first-order valence-corrected chi connectivity index (χ1v) is 7.58. The predicted octanol–water partition coefficient (Wildman–Crippen LogP) is 4.07. The number of benzene rings is 1. The summed E-state index contributed by atoms with van der Waals surface area (Å²) in [6, 6.07) is 11.0. The summed E-state index contributed by atoms with van der Waals surface area (Å²) in [5.74, 6) is -1.03. The van der Waals surface area contributed by atoms with Crippen molar-refractivity contribution in [3.05, 3.63) is 58.9 Å². The smallest absolute Gasteiger partial charge is 0.339 e. The van der Waals surface area contributed by atoms with Crippen LogP contribution in [0.4, 0.5) is 0 Å². The molecule has 0 spiro atoms. The summed E-state index contributed by atoms with van der Waals surface area (Å²) >= 11 is 4.74. The van der Waals surface area contributed by atoms with Gasteiger partial charge in [-0.2, -0.15) is 0 Å². The molecule has 6 heteroatoms. The van der Waals surface area contributed by atoms with E-state index in [0.717, 1.165) is 14.4 Å². The molecule has 1 aromatic heterocycles. The molecule has 0 amide bonds. The summed E-state index contributed by atoms with van der Waals surface area (Å²) in [7, 11) is 1.43. The molecule has 0 unspecified atom stereocenters. The Balaban J connectivity index is 2.38. The molecule has 0 atom stereocenters. The minimum absolute atomic E-state index is 0.109. The minimum atomic E-state index is -1.03. The fourth-order valence-electron chi connectivity index (χ4n) is 1.66. The van der Waals surface area contributed by atoms with E-state index < -0.39 is 5.97 Å². The van der Waals surface area contributed by atoms with E-state index in [2.05, 4.69) is 20.9 Å². The maximum Gasteiger partial charge on any atom is 0.339 e. The van der Waals surface area contributed by atoms with Gasteiger partial charge in [-0.15, -0.1) is 0 Å². The standard InChI is InChI=1S/C15H12BrNO3S/c1-20-9-12(15(18)19)11-4-2-3-5-13(11)21-14-7-6-10(16)8-17-14/h2-9H,1H3,(H,18,19). The summed E-state index contributed by atoms with van der Waals surface area (Å²) in [4.78, 5) is 16.4. The van der Waals surface area contributed by atoms with Gasteiger partial charge in [0.1, 0.15) is 10.6 Å². The van der Waals surface area contributed by atoms with Crippen molar-refractivity contribution in [3.63, 3.8) is 0 Å². The number of pyridine rings is 1. The van der Waals surface area contributed by atoms with Crippen molar-refractivity contribution in [2.45, 2.75) is 9.92 Å². The van der Waals surface area contributed by atoms with Gasteiger partial charge in [0.2, 0.25) is 0 Å². The van der Waals surface area contributed by atoms with Crippen LogP contribution in [-0.4, -0.2) is 23.2 Å². The van der Waals surface area contributed by atoms with Gasteiger partial charge in [0.15, 0.2) is 0 Å².